The van der Waals surface area contributed by atoms with Crippen molar-refractivity contribution in [1.82, 2.24) is 5.32 Å². The number of piperidine rings is 1. The van der Waals surface area contributed by atoms with Crippen LogP contribution in [0.1, 0.15) is 64.7 Å². The van der Waals surface area contributed by atoms with E-state index in [-0.39, 0.29) is 0 Å². The van der Waals surface area contributed by atoms with Crippen molar-refractivity contribution in [2.45, 2.75) is 75.5 Å². The molecule has 94 valence electrons. The minimum absolute atomic E-state index is 0.510. The van der Waals surface area contributed by atoms with E-state index in [9.17, 15) is 0 Å². The predicted octanol–water partition coefficient (Wildman–Crippen LogP) is 3.97. The Morgan fingerprint density at radius 2 is 2.19 bits per heavy atom. The summed E-state index contributed by atoms with van der Waals surface area (Å²) in [7, 11) is 0. The fourth-order valence-electron chi connectivity index (χ4n) is 3.19. The van der Waals surface area contributed by atoms with Gasteiger partial charge in [0.2, 0.25) is 0 Å². The monoisotopic (exact) mass is 241 g/mol. The summed E-state index contributed by atoms with van der Waals surface area (Å²) >= 11 is 2.23. The van der Waals surface area contributed by atoms with E-state index < -0.39 is 0 Å². The lowest BCUT2D eigenvalue weighted by molar-refractivity contribution is 0.222. The second-order valence-corrected chi connectivity index (χ2v) is 6.95. The van der Waals surface area contributed by atoms with E-state index in [0.29, 0.717) is 5.54 Å². The maximum atomic E-state index is 3.81. The van der Waals surface area contributed by atoms with E-state index >= 15 is 0 Å². The molecule has 0 bridgehead atoms. The maximum absolute atomic E-state index is 3.81. The van der Waals surface area contributed by atoms with Crippen LogP contribution in [0.4, 0.5) is 0 Å². The van der Waals surface area contributed by atoms with E-state index in [4.69, 9.17) is 0 Å². The Morgan fingerprint density at radius 1 is 1.25 bits per heavy atom. The van der Waals surface area contributed by atoms with Gasteiger partial charge in [-0.3, -0.25) is 0 Å². The maximum Gasteiger partial charge on any atom is 0.0179 e. The molecule has 0 spiro atoms. The lowest BCUT2D eigenvalue weighted by Gasteiger charge is -2.39. The van der Waals surface area contributed by atoms with Gasteiger partial charge in [-0.25, -0.2) is 0 Å². The van der Waals surface area contributed by atoms with Crippen molar-refractivity contribution in [1.29, 1.82) is 0 Å². The van der Waals surface area contributed by atoms with Crippen LogP contribution in [0.5, 0.6) is 0 Å². The van der Waals surface area contributed by atoms with Crippen LogP contribution in [0.2, 0.25) is 0 Å². The lowest BCUT2D eigenvalue weighted by atomic mass is 9.82. The summed E-state index contributed by atoms with van der Waals surface area (Å²) in [6.45, 7) is 3.62. The summed E-state index contributed by atoms with van der Waals surface area (Å²) in [6.07, 6.45) is 12.9. The molecular formula is C14H27NS. The van der Waals surface area contributed by atoms with Crippen molar-refractivity contribution >= 4 is 11.8 Å². The molecule has 0 amide bonds. The van der Waals surface area contributed by atoms with E-state index in [1.54, 1.807) is 0 Å². The van der Waals surface area contributed by atoms with Crippen LogP contribution in [0, 0.1) is 0 Å². The summed E-state index contributed by atoms with van der Waals surface area (Å²) in [5.41, 5.74) is 0.510. The molecule has 0 aromatic heterocycles. The molecule has 2 rings (SSSR count). The predicted molar refractivity (Wildman–Crippen MR) is 74.2 cm³/mol. The molecule has 2 heteroatoms. The highest BCUT2D eigenvalue weighted by atomic mass is 32.2. The molecule has 0 aromatic carbocycles. The van der Waals surface area contributed by atoms with Crippen LogP contribution in [0.3, 0.4) is 0 Å². The largest absolute Gasteiger partial charge is 0.311 e. The van der Waals surface area contributed by atoms with Crippen LogP contribution in [0.25, 0.3) is 0 Å². The first-order chi connectivity index (χ1) is 7.85. The van der Waals surface area contributed by atoms with Gasteiger partial charge in [-0.1, -0.05) is 19.8 Å². The molecule has 1 N–H and O–H groups in total. The van der Waals surface area contributed by atoms with Crippen molar-refractivity contribution in [3.05, 3.63) is 0 Å². The third kappa shape index (κ3) is 3.40. The molecule has 0 radical (unpaired) electrons. The summed E-state index contributed by atoms with van der Waals surface area (Å²) in [5.74, 6) is 1.41. The van der Waals surface area contributed by atoms with Gasteiger partial charge in [0.15, 0.2) is 0 Å². The molecule has 0 saturated carbocycles. The van der Waals surface area contributed by atoms with Gasteiger partial charge < -0.3 is 5.32 Å². The standard InChI is InChI=1S/C14H27NS/c1-2-14(9-4-5-11-15-14)10-8-13-7-3-6-12-16-13/h13,15H,2-12H2,1H3. The van der Waals surface area contributed by atoms with Gasteiger partial charge in [-0.15, -0.1) is 0 Å². The molecule has 2 aliphatic heterocycles. The second kappa shape index (κ2) is 6.30. The van der Waals surface area contributed by atoms with E-state index in [1.165, 1.54) is 70.1 Å². The lowest BCUT2D eigenvalue weighted by Crippen LogP contribution is -2.48. The Balaban J connectivity index is 1.77. The smallest absolute Gasteiger partial charge is 0.0179 e. The highest BCUT2D eigenvalue weighted by Crippen LogP contribution is 2.33. The Kier molecular flexibility index (Phi) is 5.02. The molecule has 0 aromatic rings. The van der Waals surface area contributed by atoms with Gasteiger partial charge >= 0.3 is 0 Å². The van der Waals surface area contributed by atoms with Crippen LogP contribution < -0.4 is 5.32 Å². The fraction of sp³-hybridized carbons (Fsp3) is 1.00. The molecule has 2 aliphatic rings. The summed E-state index contributed by atoms with van der Waals surface area (Å²) in [5, 5.41) is 4.79. The fourth-order valence-corrected chi connectivity index (χ4v) is 4.52. The highest BCUT2D eigenvalue weighted by molar-refractivity contribution is 7.99. The van der Waals surface area contributed by atoms with Crippen molar-refractivity contribution in [2.75, 3.05) is 12.3 Å². The third-order valence-electron chi connectivity index (χ3n) is 4.48. The SMILES string of the molecule is CCC1(CCC2CCCCS2)CCCCN1. The summed E-state index contributed by atoms with van der Waals surface area (Å²) in [6, 6.07) is 0. The molecule has 1 nitrogen and oxygen atoms in total. The Morgan fingerprint density at radius 3 is 2.81 bits per heavy atom. The zero-order chi connectivity index (χ0) is 11.3. The zero-order valence-corrected chi connectivity index (χ0v) is 11.6. The van der Waals surface area contributed by atoms with Crippen LogP contribution >= 0.6 is 11.8 Å². The molecular weight excluding hydrogens is 214 g/mol. The highest BCUT2D eigenvalue weighted by Gasteiger charge is 2.30. The van der Waals surface area contributed by atoms with Gasteiger partial charge in [0, 0.05) is 10.8 Å². The first kappa shape index (κ1) is 12.8. The van der Waals surface area contributed by atoms with Crippen LogP contribution in [0.15, 0.2) is 0 Å². The topological polar surface area (TPSA) is 12.0 Å². The number of rotatable bonds is 4. The Hall–Kier alpha value is 0.310. The van der Waals surface area contributed by atoms with Crippen molar-refractivity contribution in [3.63, 3.8) is 0 Å². The molecule has 2 heterocycles. The van der Waals surface area contributed by atoms with Crippen molar-refractivity contribution < 1.29 is 0 Å². The van der Waals surface area contributed by atoms with E-state index in [0.717, 1.165) is 5.25 Å². The normalized spacial score (nSPS) is 36.2. The first-order valence-electron chi connectivity index (χ1n) is 7.21. The van der Waals surface area contributed by atoms with Gasteiger partial charge in [0.05, 0.1) is 0 Å². The molecule has 2 atom stereocenters. The number of hydrogen-bond acceptors (Lipinski definition) is 2. The van der Waals surface area contributed by atoms with E-state index in [1.807, 2.05) is 0 Å². The zero-order valence-electron chi connectivity index (χ0n) is 10.8. The molecule has 2 fully saturated rings. The van der Waals surface area contributed by atoms with Crippen molar-refractivity contribution in [2.24, 2.45) is 0 Å². The average molecular weight is 241 g/mol. The van der Waals surface area contributed by atoms with Gasteiger partial charge in [-0.2, -0.15) is 11.8 Å². The van der Waals surface area contributed by atoms with Crippen LogP contribution in [-0.4, -0.2) is 23.1 Å². The van der Waals surface area contributed by atoms with Crippen LogP contribution in [-0.2, 0) is 0 Å². The third-order valence-corrected chi connectivity index (χ3v) is 5.94. The number of hydrogen-bond donors (Lipinski definition) is 1. The molecule has 2 unspecified atom stereocenters. The molecule has 2 saturated heterocycles. The molecule has 16 heavy (non-hydrogen) atoms. The van der Waals surface area contributed by atoms with Gasteiger partial charge in [0.25, 0.3) is 0 Å². The Bertz CT molecular complexity index is 193. The number of thioether (sulfide) groups is 1. The number of nitrogens with one attached hydrogen (secondary N) is 1. The van der Waals surface area contributed by atoms with Gasteiger partial charge in [0.1, 0.15) is 0 Å². The van der Waals surface area contributed by atoms with Gasteiger partial charge in [-0.05, 0) is 57.2 Å². The second-order valence-electron chi connectivity index (χ2n) is 5.55. The average Bonchev–Trinajstić information content (AvgIpc) is 2.39. The first-order valence-corrected chi connectivity index (χ1v) is 8.26. The molecule has 0 aliphatic carbocycles. The minimum Gasteiger partial charge on any atom is -0.311 e. The summed E-state index contributed by atoms with van der Waals surface area (Å²) in [4.78, 5) is 0. The Labute approximate surface area is 105 Å². The minimum atomic E-state index is 0.510. The van der Waals surface area contributed by atoms with Crippen molar-refractivity contribution in [3.8, 4) is 0 Å². The summed E-state index contributed by atoms with van der Waals surface area (Å²) < 4.78 is 0. The quantitative estimate of drug-likeness (QED) is 0.799. The van der Waals surface area contributed by atoms with E-state index in [2.05, 4.69) is 24.0 Å².